The Labute approximate surface area is 112 Å². The highest BCUT2D eigenvalue weighted by Gasteiger charge is 2.23. The summed E-state index contributed by atoms with van der Waals surface area (Å²) in [6.45, 7) is 1.49. The lowest BCUT2D eigenvalue weighted by atomic mass is 10.1. The van der Waals surface area contributed by atoms with Crippen LogP contribution in [0, 0.1) is 5.82 Å². The Hall–Kier alpha value is -0.690. The van der Waals surface area contributed by atoms with Gasteiger partial charge in [-0.2, -0.15) is 0 Å². The van der Waals surface area contributed by atoms with Crippen LogP contribution < -0.4 is 10.0 Å². The minimum absolute atomic E-state index is 0. The van der Waals surface area contributed by atoms with Crippen LogP contribution in [-0.4, -0.2) is 27.5 Å². The smallest absolute Gasteiger partial charge is 0.243 e. The van der Waals surface area contributed by atoms with Gasteiger partial charge in [0.25, 0.3) is 0 Å². The van der Waals surface area contributed by atoms with E-state index in [1.165, 1.54) is 18.2 Å². The lowest BCUT2D eigenvalue weighted by molar-refractivity contribution is 0.427. The molecule has 1 aromatic carbocycles. The highest BCUT2D eigenvalue weighted by atomic mass is 35.5. The maximum absolute atomic E-state index is 13.4. The molecule has 1 saturated heterocycles. The van der Waals surface area contributed by atoms with Crippen molar-refractivity contribution in [2.24, 2.45) is 0 Å². The molecule has 1 heterocycles. The second kappa shape index (κ2) is 6.47. The van der Waals surface area contributed by atoms with E-state index in [1.54, 1.807) is 0 Å². The molecule has 1 aliphatic heterocycles. The number of piperidine rings is 1. The van der Waals surface area contributed by atoms with Gasteiger partial charge in [0.2, 0.25) is 10.0 Å². The van der Waals surface area contributed by atoms with Gasteiger partial charge in [0.1, 0.15) is 10.7 Å². The molecule has 0 spiro atoms. The number of rotatable bonds is 3. The zero-order valence-electron chi connectivity index (χ0n) is 9.73. The molecule has 1 fully saturated rings. The van der Waals surface area contributed by atoms with Crippen LogP contribution in [0.25, 0.3) is 0 Å². The molecule has 2 rings (SSSR count). The molecule has 0 radical (unpaired) electrons. The van der Waals surface area contributed by atoms with Crippen molar-refractivity contribution >= 4 is 22.4 Å². The molecule has 0 aromatic heterocycles. The summed E-state index contributed by atoms with van der Waals surface area (Å²) < 4.78 is 39.8. The van der Waals surface area contributed by atoms with Crippen molar-refractivity contribution in [3.63, 3.8) is 0 Å². The maximum Gasteiger partial charge on any atom is 0.243 e. The van der Waals surface area contributed by atoms with E-state index in [-0.39, 0.29) is 23.3 Å². The number of hydrogen-bond acceptors (Lipinski definition) is 3. The monoisotopic (exact) mass is 294 g/mol. The zero-order chi connectivity index (χ0) is 12.3. The van der Waals surface area contributed by atoms with Gasteiger partial charge in [-0.25, -0.2) is 17.5 Å². The van der Waals surface area contributed by atoms with Gasteiger partial charge in [-0.15, -0.1) is 12.4 Å². The lowest BCUT2D eigenvalue weighted by Gasteiger charge is -2.23. The minimum Gasteiger partial charge on any atom is -0.315 e. The molecule has 2 N–H and O–H groups in total. The first-order chi connectivity index (χ1) is 8.09. The van der Waals surface area contributed by atoms with E-state index in [9.17, 15) is 12.8 Å². The summed E-state index contributed by atoms with van der Waals surface area (Å²) in [5, 5.41) is 3.10. The molecular weight excluding hydrogens is 279 g/mol. The molecule has 1 aromatic rings. The van der Waals surface area contributed by atoms with Crippen LogP contribution in [0.3, 0.4) is 0 Å². The Balaban J connectivity index is 0.00000162. The zero-order valence-corrected chi connectivity index (χ0v) is 11.4. The van der Waals surface area contributed by atoms with E-state index in [1.807, 2.05) is 0 Å². The highest BCUT2D eigenvalue weighted by Crippen LogP contribution is 2.14. The summed E-state index contributed by atoms with van der Waals surface area (Å²) >= 11 is 0. The first kappa shape index (κ1) is 15.4. The standard InChI is InChI=1S/C11H15FN2O2S.ClH/c12-10-5-1-2-6-11(10)17(15,16)14-9-4-3-7-13-8-9;/h1-2,5-6,9,13-14H,3-4,7-8H2;1H/t9-;/m0./s1. The largest absolute Gasteiger partial charge is 0.315 e. The van der Waals surface area contributed by atoms with E-state index >= 15 is 0 Å². The molecule has 0 aliphatic carbocycles. The predicted octanol–water partition coefficient (Wildman–Crippen LogP) is 1.28. The van der Waals surface area contributed by atoms with Gasteiger partial charge in [-0.05, 0) is 31.5 Å². The van der Waals surface area contributed by atoms with Gasteiger partial charge < -0.3 is 5.32 Å². The summed E-state index contributed by atoms with van der Waals surface area (Å²) in [4.78, 5) is -0.287. The minimum atomic E-state index is -3.76. The topological polar surface area (TPSA) is 58.2 Å². The fraction of sp³-hybridized carbons (Fsp3) is 0.455. The van der Waals surface area contributed by atoms with Gasteiger partial charge >= 0.3 is 0 Å². The van der Waals surface area contributed by atoms with Crippen LogP contribution in [0.1, 0.15) is 12.8 Å². The third-order valence-electron chi connectivity index (χ3n) is 2.74. The van der Waals surface area contributed by atoms with Crippen molar-refractivity contribution in [2.75, 3.05) is 13.1 Å². The summed E-state index contributed by atoms with van der Waals surface area (Å²) in [6.07, 6.45) is 1.70. The number of hydrogen-bond donors (Lipinski definition) is 2. The maximum atomic E-state index is 13.4. The highest BCUT2D eigenvalue weighted by molar-refractivity contribution is 7.89. The quantitative estimate of drug-likeness (QED) is 0.883. The number of benzene rings is 1. The molecule has 18 heavy (non-hydrogen) atoms. The van der Waals surface area contributed by atoms with E-state index in [2.05, 4.69) is 10.0 Å². The fourth-order valence-corrected chi connectivity index (χ4v) is 3.25. The molecule has 0 bridgehead atoms. The Kier molecular flexibility index (Phi) is 5.52. The Morgan fingerprint density at radius 1 is 1.33 bits per heavy atom. The molecule has 0 unspecified atom stereocenters. The summed E-state index contributed by atoms with van der Waals surface area (Å²) in [6, 6.07) is 5.24. The first-order valence-corrected chi connectivity index (χ1v) is 7.05. The summed E-state index contributed by atoms with van der Waals surface area (Å²) in [5.41, 5.74) is 0. The average molecular weight is 295 g/mol. The van der Waals surface area contributed by atoms with Crippen LogP contribution in [0.2, 0.25) is 0 Å². The van der Waals surface area contributed by atoms with Gasteiger partial charge in [0, 0.05) is 12.6 Å². The van der Waals surface area contributed by atoms with Crippen LogP contribution in [-0.2, 0) is 10.0 Å². The second-order valence-electron chi connectivity index (χ2n) is 4.09. The van der Waals surface area contributed by atoms with Crippen LogP contribution in [0.5, 0.6) is 0 Å². The molecule has 102 valence electrons. The van der Waals surface area contributed by atoms with Crippen molar-refractivity contribution in [3.05, 3.63) is 30.1 Å². The van der Waals surface area contributed by atoms with Gasteiger partial charge in [-0.3, -0.25) is 0 Å². The number of nitrogens with one attached hydrogen (secondary N) is 2. The molecule has 0 amide bonds. The number of halogens is 2. The second-order valence-corrected chi connectivity index (χ2v) is 5.78. The molecule has 1 aliphatic rings. The molecular formula is C11H16ClFN2O2S. The normalized spacial score (nSPS) is 20.2. The van der Waals surface area contributed by atoms with Crippen molar-refractivity contribution < 1.29 is 12.8 Å². The van der Waals surface area contributed by atoms with Crippen molar-refractivity contribution in [3.8, 4) is 0 Å². The lowest BCUT2D eigenvalue weighted by Crippen LogP contribution is -2.45. The fourth-order valence-electron chi connectivity index (χ4n) is 1.90. The van der Waals surface area contributed by atoms with E-state index in [0.29, 0.717) is 6.54 Å². The molecule has 4 nitrogen and oxygen atoms in total. The van der Waals surface area contributed by atoms with E-state index < -0.39 is 15.8 Å². The SMILES string of the molecule is Cl.O=S(=O)(N[C@H]1CCCNC1)c1ccccc1F. The van der Waals surface area contributed by atoms with Crippen molar-refractivity contribution in [2.45, 2.75) is 23.8 Å². The van der Waals surface area contributed by atoms with Gasteiger partial charge in [0.05, 0.1) is 0 Å². The van der Waals surface area contributed by atoms with Crippen molar-refractivity contribution in [1.29, 1.82) is 0 Å². The summed E-state index contributed by atoms with van der Waals surface area (Å²) in [5.74, 6) is -0.719. The Bertz CT molecular complexity index is 490. The molecule has 0 saturated carbocycles. The van der Waals surface area contributed by atoms with Crippen molar-refractivity contribution in [1.82, 2.24) is 10.0 Å². The Morgan fingerprint density at radius 3 is 2.67 bits per heavy atom. The van der Waals surface area contributed by atoms with Crippen LogP contribution >= 0.6 is 12.4 Å². The van der Waals surface area contributed by atoms with E-state index in [4.69, 9.17) is 0 Å². The third-order valence-corrected chi connectivity index (χ3v) is 4.30. The van der Waals surface area contributed by atoms with Gasteiger partial charge in [0.15, 0.2) is 0 Å². The number of sulfonamides is 1. The van der Waals surface area contributed by atoms with Crippen LogP contribution in [0.15, 0.2) is 29.2 Å². The summed E-state index contributed by atoms with van der Waals surface area (Å²) in [7, 11) is -3.76. The Morgan fingerprint density at radius 2 is 2.06 bits per heavy atom. The van der Waals surface area contributed by atoms with Gasteiger partial charge in [-0.1, -0.05) is 12.1 Å². The van der Waals surface area contributed by atoms with Crippen LogP contribution in [0.4, 0.5) is 4.39 Å². The molecule has 7 heteroatoms. The first-order valence-electron chi connectivity index (χ1n) is 5.57. The third kappa shape index (κ3) is 3.65. The molecule has 1 atom stereocenters. The predicted molar refractivity (Wildman–Crippen MR) is 69.9 cm³/mol. The average Bonchev–Trinajstić information content (AvgIpc) is 2.30. The van der Waals surface area contributed by atoms with E-state index in [0.717, 1.165) is 25.5 Å².